The minimum Gasteiger partial charge on any atom is -0.493 e. The van der Waals surface area contributed by atoms with Gasteiger partial charge in [0.05, 0.1) is 25.4 Å². The maximum atomic E-state index is 9.85. The zero-order chi connectivity index (χ0) is 24.6. The standard InChI is InChI=1S/C29H42N2O4/c1-22-26(9-3-11-28(22)34-18-6-15-30-14-5-8-24(32)20-30)27-10-4-12-29(23(27)2)35-19-7-16-31-17-13-25(33)21-31/h3-4,9-12,24-25,32-33H,5-8,13-21H2,1-2H3/t24-,25+/m0/s1. The minimum atomic E-state index is -0.175. The monoisotopic (exact) mass is 482 g/mol. The molecule has 2 aromatic rings. The van der Waals surface area contributed by atoms with Crippen molar-refractivity contribution in [3.8, 4) is 22.6 Å². The number of hydrogen-bond donors (Lipinski definition) is 2. The van der Waals surface area contributed by atoms with Crippen molar-refractivity contribution in [2.45, 2.75) is 58.2 Å². The van der Waals surface area contributed by atoms with Gasteiger partial charge in [0.2, 0.25) is 0 Å². The Balaban J connectivity index is 1.31. The summed E-state index contributed by atoms with van der Waals surface area (Å²) < 4.78 is 12.3. The number of likely N-dealkylation sites (tertiary alicyclic amines) is 2. The summed E-state index contributed by atoms with van der Waals surface area (Å²) in [6.45, 7) is 11.2. The van der Waals surface area contributed by atoms with Crippen LogP contribution in [-0.2, 0) is 0 Å². The highest BCUT2D eigenvalue weighted by atomic mass is 16.5. The van der Waals surface area contributed by atoms with E-state index in [1.54, 1.807) is 0 Å². The fraction of sp³-hybridized carbons (Fsp3) is 0.586. The van der Waals surface area contributed by atoms with Gasteiger partial charge in [-0.15, -0.1) is 0 Å². The number of ether oxygens (including phenoxy) is 2. The maximum absolute atomic E-state index is 9.85. The van der Waals surface area contributed by atoms with E-state index >= 15 is 0 Å². The van der Waals surface area contributed by atoms with E-state index in [1.165, 1.54) is 11.1 Å². The second-order valence-electron chi connectivity index (χ2n) is 10.1. The lowest BCUT2D eigenvalue weighted by molar-refractivity contribution is 0.0679. The lowest BCUT2D eigenvalue weighted by Gasteiger charge is -2.29. The van der Waals surface area contributed by atoms with Crippen LogP contribution in [0.1, 0.15) is 43.2 Å². The van der Waals surface area contributed by atoms with Gasteiger partial charge in [-0.1, -0.05) is 24.3 Å². The summed E-state index contributed by atoms with van der Waals surface area (Å²) in [6, 6.07) is 12.5. The molecule has 2 saturated heterocycles. The van der Waals surface area contributed by atoms with Crippen LogP contribution in [0.5, 0.6) is 11.5 Å². The van der Waals surface area contributed by atoms with Gasteiger partial charge >= 0.3 is 0 Å². The maximum Gasteiger partial charge on any atom is 0.122 e. The number of piperidine rings is 1. The van der Waals surface area contributed by atoms with Crippen LogP contribution in [-0.4, -0.2) is 84.7 Å². The molecule has 2 aliphatic rings. The summed E-state index contributed by atoms with van der Waals surface area (Å²) in [7, 11) is 0. The number of aliphatic hydroxyl groups excluding tert-OH is 2. The number of hydrogen-bond acceptors (Lipinski definition) is 6. The van der Waals surface area contributed by atoms with Gasteiger partial charge in [0, 0.05) is 32.7 Å². The van der Waals surface area contributed by atoms with Gasteiger partial charge in [0.15, 0.2) is 0 Å². The van der Waals surface area contributed by atoms with Crippen LogP contribution < -0.4 is 9.47 Å². The van der Waals surface area contributed by atoms with E-state index in [1.807, 2.05) is 6.07 Å². The third-order valence-corrected chi connectivity index (χ3v) is 7.34. The topological polar surface area (TPSA) is 65.4 Å². The summed E-state index contributed by atoms with van der Waals surface area (Å²) in [5, 5.41) is 19.5. The Morgan fingerprint density at radius 2 is 1.26 bits per heavy atom. The Bertz CT molecular complexity index is 950. The molecule has 2 N–H and O–H groups in total. The molecule has 2 aromatic carbocycles. The number of benzene rings is 2. The van der Waals surface area contributed by atoms with Crippen molar-refractivity contribution < 1.29 is 19.7 Å². The first kappa shape index (κ1) is 26.0. The second-order valence-corrected chi connectivity index (χ2v) is 10.1. The van der Waals surface area contributed by atoms with Crippen LogP contribution in [0.4, 0.5) is 0 Å². The quantitative estimate of drug-likeness (QED) is 0.472. The van der Waals surface area contributed by atoms with Gasteiger partial charge < -0.3 is 29.5 Å². The summed E-state index contributed by atoms with van der Waals surface area (Å²) in [6.07, 6.45) is 4.45. The Labute approximate surface area is 210 Å². The highest BCUT2D eigenvalue weighted by molar-refractivity contribution is 5.74. The van der Waals surface area contributed by atoms with Crippen LogP contribution >= 0.6 is 0 Å². The van der Waals surface area contributed by atoms with E-state index in [4.69, 9.17) is 9.47 Å². The third-order valence-electron chi connectivity index (χ3n) is 7.34. The van der Waals surface area contributed by atoms with Crippen LogP contribution in [0.15, 0.2) is 36.4 Å². The van der Waals surface area contributed by atoms with Gasteiger partial charge in [-0.3, -0.25) is 0 Å². The molecule has 0 bridgehead atoms. The predicted octanol–water partition coefficient (Wildman–Crippen LogP) is 4.03. The Morgan fingerprint density at radius 3 is 1.77 bits per heavy atom. The largest absolute Gasteiger partial charge is 0.493 e. The van der Waals surface area contributed by atoms with Crippen molar-refractivity contribution in [1.82, 2.24) is 9.80 Å². The molecule has 0 amide bonds. The summed E-state index contributed by atoms with van der Waals surface area (Å²) in [5.74, 6) is 1.86. The summed E-state index contributed by atoms with van der Waals surface area (Å²) in [4.78, 5) is 4.65. The summed E-state index contributed by atoms with van der Waals surface area (Å²) in [5.41, 5.74) is 4.65. The molecule has 0 spiro atoms. The average Bonchev–Trinajstić information content (AvgIpc) is 3.26. The molecule has 6 nitrogen and oxygen atoms in total. The van der Waals surface area contributed by atoms with Gasteiger partial charge in [-0.05, 0) is 86.9 Å². The van der Waals surface area contributed by atoms with Gasteiger partial charge in [-0.25, -0.2) is 0 Å². The van der Waals surface area contributed by atoms with Crippen molar-refractivity contribution in [1.29, 1.82) is 0 Å². The molecule has 0 aromatic heterocycles. The van der Waals surface area contributed by atoms with E-state index in [-0.39, 0.29) is 12.2 Å². The van der Waals surface area contributed by atoms with Gasteiger partial charge in [0.25, 0.3) is 0 Å². The van der Waals surface area contributed by atoms with Crippen molar-refractivity contribution >= 4 is 0 Å². The van der Waals surface area contributed by atoms with Crippen molar-refractivity contribution in [2.75, 3.05) is 52.5 Å². The first-order valence-corrected chi connectivity index (χ1v) is 13.3. The smallest absolute Gasteiger partial charge is 0.122 e. The highest BCUT2D eigenvalue weighted by Crippen LogP contribution is 2.35. The molecule has 2 heterocycles. The number of rotatable bonds is 11. The Kier molecular flexibility index (Phi) is 9.44. The minimum absolute atomic E-state index is 0.165. The fourth-order valence-electron chi connectivity index (χ4n) is 5.32. The van der Waals surface area contributed by atoms with Crippen molar-refractivity contribution in [3.05, 3.63) is 47.5 Å². The van der Waals surface area contributed by atoms with Crippen LogP contribution in [0.3, 0.4) is 0 Å². The lowest BCUT2D eigenvalue weighted by atomic mass is 9.95. The molecule has 2 fully saturated rings. The Morgan fingerprint density at radius 1 is 0.743 bits per heavy atom. The number of nitrogens with zero attached hydrogens (tertiary/aromatic N) is 2. The molecular formula is C29H42N2O4. The van der Waals surface area contributed by atoms with E-state index in [0.29, 0.717) is 13.2 Å². The first-order chi connectivity index (χ1) is 17.0. The molecule has 2 atom stereocenters. The van der Waals surface area contributed by atoms with Crippen LogP contribution in [0.2, 0.25) is 0 Å². The SMILES string of the molecule is Cc1c(OCCCN2CC[C@@H](O)C2)cccc1-c1cccc(OCCCN2CCC[C@H](O)C2)c1C. The van der Waals surface area contributed by atoms with E-state index in [2.05, 4.69) is 54.0 Å². The van der Waals surface area contributed by atoms with Gasteiger partial charge in [0.1, 0.15) is 11.5 Å². The predicted molar refractivity (Wildman–Crippen MR) is 140 cm³/mol. The van der Waals surface area contributed by atoms with E-state index in [9.17, 15) is 10.2 Å². The van der Waals surface area contributed by atoms with E-state index < -0.39 is 0 Å². The molecule has 6 heteroatoms. The van der Waals surface area contributed by atoms with Crippen molar-refractivity contribution in [3.63, 3.8) is 0 Å². The molecule has 0 aliphatic carbocycles. The Hall–Kier alpha value is -2.12. The molecule has 0 unspecified atom stereocenters. The number of β-amino-alcohol motifs (C(OH)–C–C–N with tert-alkyl or cyclic N) is 2. The molecule has 35 heavy (non-hydrogen) atoms. The third kappa shape index (κ3) is 7.20. The molecule has 192 valence electrons. The van der Waals surface area contributed by atoms with Crippen LogP contribution in [0.25, 0.3) is 11.1 Å². The molecular weight excluding hydrogens is 440 g/mol. The number of aliphatic hydroxyl groups is 2. The summed E-state index contributed by atoms with van der Waals surface area (Å²) >= 11 is 0. The van der Waals surface area contributed by atoms with Crippen LogP contribution in [0, 0.1) is 13.8 Å². The molecule has 4 rings (SSSR count). The zero-order valence-electron chi connectivity index (χ0n) is 21.4. The average molecular weight is 483 g/mol. The molecule has 0 radical (unpaired) electrons. The van der Waals surface area contributed by atoms with E-state index in [0.717, 1.165) is 94.0 Å². The van der Waals surface area contributed by atoms with Crippen molar-refractivity contribution in [2.24, 2.45) is 0 Å². The normalized spacial score (nSPS) is 21.4. The van der Waals surface area contributed by atoms with Gasteiger partial charge in [-0.2, -0.15) is 0 Å². The zero-order valence-corrected chi connectivity index (χ0v) is 21.4. The first-order valence-electron chi connectivity index (χ1n) is 13.3. The molecule has 2 aliphatic heterocycles. The fourth-order valence-corrected chi connectivity index (χ4v) is 5.32. The highest BCUT2D eigenvalue weighted by Gasteiger charge is 2.20. The lowest BCUT2D eigenvalue weighted by Crippen LogP contribution is -2.39. The molecule has 0 saturated carbocycles. The second kappa shape index (κ2) is 12.7.